The van der Waals surface area contributed by atoms with Crippen LogP contribution < -0.4 is 5.73 Å². The summed E-state index contributed by atoms with van der Waals surface area (Å²) in [6.45, 7) is 5.03. The minimum Gasteiger partial charge on any atom is -0.449 e. The second-order valence-electron chi connectivity index (χ2n) is 7.29. The number of primary amides is 1. The summed E-state index contributed by atoms with van der Waals surface area (Å²) in [4.78, 5) is 33.8. The van der Waals surface area contributed by atoms with Gasteiger partial charge in [0.2, 0.25) is 5.91 Å². The summed E-state index contributed by atoms with van der Waals surface area (Å²) in [6, 6.07) is 7.55. The van der Waals surface area contributed by atoms with Gasteiger partial charge in [-0.15, -0.1) is 0 Å². The number of carbonyl (C=O) groups excluding carboxylic acids is 2. The van der Waals surface area contributed by atoms with Gasteiger partial charge in [0.15, 0.2) is 0 Å². The third kappa shape index (κ3) is 5.16. The van der Waals surface area contributed by atoms with E-state index in [1.807, 2.05) is 38.1 Å². The van der Waals surface area contributed by atoms with E-state index in [0.29, 0.717) is 25.6 Å². The van der Waals surface area contributed by atoms with Crippen molar-refractivity contribution in [3.05, 3.63) is 40.8 Å². The average Bonchev–Trinajstić information content (AvgIpc) is 3.18. The number of morpholine rings is 1. The molecular formula is C20H25BrN4O4. The number of nitrogens with one attached hydrogen (secondary N) is 1. The predicted molar refractivity (Wildman–Crippen MR) is 111 cm³/mol. The number of benzene rings is 1. The van der Waals surface area contributed by atoms with E-state index >= 15 is 0 Å². The summed E-state index contributed by atoms with van der Waals surface area (Å²) in [5.74, 6) is 0.0646. The molecule has 8 nitrogen and oxygen atoms in total. The van der Waals surface area contributed by atoms with Crippen molar-refractivity contribution in [2.45, 2.75) is 19.9 Å². The van der Waals surface area contributed by atoms with Crippen LogP contribution in [0.1, 0.15) is 25.7 Å². The highest BCUT2D eigenvalue weighted by Gasteiger charge is 2.36. The van der Waals surface area contributed by atoms with Gasteiger partial charge in [0.1, 0.15) is 18.5 Å². The van der Waals surface area contributed by atoms with Crippen LogP contribution in [0.4, 0.5) is 4.79 Å². The van der Waals surface area contributed by atoms with Crippen molar-refractivity contribution in [2.75, 3.05) is 26.4 Å². The Hall–Kier alpha value is -2.39. The lowest BCUT2D eigenvalue weighted by Gasteiger charge is -2.37. The zero-order chi connectivity index (χ0) is 21.0. The lowest BCUT2D eigenvalue weighted by molar-refractivity contribution is -0.148. The molecule has 2 aromatic rings. The average molecular weight is 465 g/mol. The van der Waals surface area contributed by atoms with Gasteiger partial charge in [-0.2, -0.15) is 0 Å². The summed E-state index contributed by atoms with van der Waals surface area (Å²) >= 11 is 3.43. The molecule has 2 amide bonds. The maximum absolute atomic E-state index is 13.2. The van der Waals surface area contributed by atoms with Crippen molar-refractivity contribution >= 4 is 27.9 Å². The molecule has 1 aliphatic rings. The molecule has 1 aromatic carbocycles. The summed E-state index contributed by atoms with van der Waals surface area (Å²) in [5.41, 5.74) is 6.94. The lowest BCUT2D eigenvalue weighted by Crippen LogP contribution is -2.48. The Morgan fingerprint density at radius 1 is 1.38 bits per heavy atom. The van der Waals surface area contributed by atoms with Crippen molar-refractivity contribution in [1.29, 1.82) is 0 Å². The molecule has 2 atom stereocenters. The van der Waals surface area contributed by atoms with Crippen LogP contribution in [0.15, 0.2) is 34.9 Å². The van der Waals surface area contributed by atoms with Crippen LogP contribution >= 0.6 is 15.9 Å². The van der Waals surface area contributed by atoms with Crippen LogP contribution in [0, 0.1) is 11.8 Å². The van der Waals surface area contributed by atoms with Crippen molar-refractivity contribution in [1.82, 2.24) is 14.9 Å². The summed E-state index contributed by atoms with van der Waals surface area (Å²) < 4.78 is 11.5. The smallest absolute Gasteiger partial charge is 0.404 e. The van der Waals surface area contributed by atoms with E-state index in [-0.39, 0.29) is 24.5 Å². The number of nitrogens with two attached hydrogens (primary N) is 1. The normalized spacial score (nSPS) is 17.9. The molecule has 29 heavy (non-hydrogen) atoms. The van der Waals surface area contributed by atoms with Crippen LogP contribution in [-0.4, -0.2) is 53.2 Å². The molecule has 3 N–H and O–H groups in total. The zero-order valence-electron chi connectivity index (χ0n) is 16.4. The van der Waals surface area contributed by atoms with Crippen molar-refractivity contribution in [2.24, 2.45) is 17.6 Å². The molecule has 1 fully saturated rings. The fraction of sp³-hybridized carbons (Fsp3) is 0.450. The second-order valence-corrected chi connectivity index (χ2v) is 8.21. The second kappa shape index (κ2) is 9.41. The molecule has 3 rings (SSSR count). The number of amides is 2. The summed E-state index contributed by atoms with van der Waals surface area (Å²) in [6.07, 6.45) is 0.874. The van der Waals surface area contributed by atoms with E-state index in [1.54, 1.807) is 11.1 Å². The minimum absolute atomic E-state index is 0.0136. The van der Waals surface area contributed by atoms with Gasteiger partial charge in [0.05, 0.1) is 31.0 Å². The van der Waals surface area contributed by atoms with E-state index in [1.165, 1.54) is 0 Å². The number of H-pyrrole nitrogens is 1. The molecule has 0 aliphatic carbocycles. The molecular weight excluding hydrogens is 440 g/mol. The van der Waals surface area contributed by atoms with E-state index < -0.39 is 12.0 Å². The largest absolute Gasteiger partial charge is 0.449 e. The van der Waals surface area contributed by atoms with Gasteiger partial charge in [0, 0.05) is 11.0 Å². The molecule has 2 unspecified atom stereocenters. The Balaban J connectivity index is 1.81. The van der Waals surface area contributed by atoms with E-state index in [9.17, 15) is 9.59 Å². The Bertz CT molecular complexity index is 852. The Morgan fingerprint density at radius 3 is 2.76 bits per heavy atom. The molecule has 1 aliphatic heterocycles. The number of ether oxygens (including phenoxy) is 2. The molecule has 9 heteroatoms. The number of carbonyl (C=O) groups is 2. The number of hydrogen-bond donors (Lipinski definition) is 2. The van der Waals surface area contributed by atoms with Crippen LogP contribution in [0.3, 0.4) is 0 Å². The third-order valence-corrected chi connectivity index (χ3v) is 5.53. The summed E-state index contributed by atoms with van der Waals surface area (Å²) in [7, 11) is 0. The molecule has 0 saturated carbocycles. The lowest BCUT2D eigenvalue weighted by atomic mass is 9.94. The summed E-state index contributed by atoms with van der Waals surface area (Å²) in [5, 5.41) is 0. The topological polar surface area (TPSA) is 111 Å². The van der Waals surface area contributed by atoms with Gasteiger partial charge in [-0.25, -0.2) is 9.78 Å². The number of nitrogens with zero attached hydrogens (tertiary/aromatic N) is 2. The SMILES string of the molecule is CC(C)C(COC(N)=O)C(=O)N1CCOCC1c1ncc(-c2ccc(Br)cc2)[nH]1. The van der Waals surface area contributed by atoms with Gasteiger partial charge >= 0.3 is 6.09 Å². The number of rotatable bonds is 6. The highest BCUT2D eigenvalue weighted by Crippen LogP contribution is 2.28. The highest BCUT2D eigenvalue weighted by atomic mass is 79.9. The molecule has 1 aromatic heterocycles. The van der Waals surface area contributed by atoms with Crippen LogP contribution in [-0.2, 0) is 14.3 Å². The molecule has 2 heterocycles. The predicted octanol–water partition coefficient (Wildman–Crippen LogP) is 3.11. The van der Waals surface area contributed by atoms with Gasteiger partial charge in [-0.1, -0.05) is 41.9 Å². The fourth-order valence-electron chi connectivity index (χ4n) is 3.31. The minimum atomic E-state index is -0.882. The monoisotopic (exact) mass is 464 g/mol. The maximum Gasteiger partial charge on any atom is 0.404 e. The maximum atomic E-state index is 13.2. The van der Waals surface area contributed by atoms with E-state index in [0.717, 1.165) is 15.7 Å². The first-order chi connectivity index (χ1) is 13.9. The number of aromatic nitrogens is 2. The first kappa shape index (κ1) is 21.3. The number of halogens is 1. The first-order valence-corrected chi connectivity index (χ1v) is 10.3. The highest BCUT2D eigenvalue weighted by molar-refractivity contribution is 9.10. The zero-order valence-corrected chi connectivity index (χ0v) is 18.0. The van der Waals surface area contributed by atoms with Gasteiger partial charge in [-0.05, 0) is 23.6 Å². The van der Waals surface area contributed by atoms with Gasteiger partial charge in [0.25, 0.3) is 0 Å². The Kier molecular flexibility index (Phi) is 6.92. The van der Waals surface area contributed by atoms with Crippen molar-refractivity contribution < 1.29 is 19.1 Å². The van der Waals surface area contributed by atoms with Crippen LogP contribution in [0.2, 0.25) is 0 Å². The Labute approximate surface area is 177 Å². The number of hydrogen-bond acceptors (Lipinski definition) is 5. The van der Waals surface area contributed by atoms with Gasteiger partial charge in [-0.3, -0.25) is 4.79 Å². The van der Waals surface area contributed by atoms with Gasteiger partial charge < -0.3 is 25.1 Å². The molecule has 156 valence electrons. The Morgan fingerprint density at radius 2 is 2.10 bits per heavy atom. The molecule has 1 saturated heterocycles. The number of imidazole rings is 1. The third-order valence-electron chi connectivity index (χ3n) is 5.00. The quantitative estimate of drug-likeness (QED) is 0.681. The van der Waals surface area contributed by atoms with E-state index in [2.05, 4.69) is 25.9 Å². The first-order valence-electron chi connectivity index (χ1n) is 9.48. The van der Waals surface area contributed by atoms with Crippen LogP contribution in [0.25, 0.3) is 11.3 Å². The van der Waals surface area contributed by atoms with Crippen molar-refractivity contribution in [3.63, 3.8) is 0 Å². The fourth-order valence-corrected chi connectivity index (χ4v) is 3.57. The standard InChI is InChI=1S/C20H25BrN4O4/c1-12(2)15(10-29-20(22)27)19(26)25-7-8-28-11-17(25)18-23-9-16(24-18)13-3-5-14(21)6-4-13/h3-6,9,12,15,17H,7-8,10-11H2,1-2H3,(H2,22,27)(H,23,24). The number of aromatic amines is 1. The van der Waals surface area contributed by atoms with Crippen molar-refractivity contribution in [3.8, 4) is 11.3 Å². The molecule has 0 spiro atoms. The molecule has 0 radical (unpaired) electrons. The van der Waals surface area contributed by atoms with E-state index in [4.69, 9.17) is 15.2 Å². The molecule has 0 bridgehead atoms. The van der Waals surface area contributed by atoms with Crippen LogP contribution in [0.5, 0.6) is 0 Å².